The van der Waals surface area contributed by atoms with E-state index in [0.29, 0.717) is 35.4 Å². The highest BCUT2D eigenvalue weighted by Crippen LogP contribution is 2.33. The van der Waals surface area contributed by atoms with Gasteiger partial charge < -0.3 is 15.3 Å². The quantitative estimate of drug-likeness (QED) is 0.566. The number of halogens is 1. The molecule has 0 bridgehead atoms. The van der Waals surface area contributed by atoms with Crippen molar-refractivity contribution in [1.82, 2.24) is 0 Å². The van der Waals surface area contributed by atoms with Gasteiger partial charge in [0.15, 0.2) is 9.84 Å². The molecule has 3 N–H and O–H groups in total. The molecule has 0 saturated carbocycles. The van der Waals surface area contributed by atoms with Gasteiger partial charge in [0, 0.05) is 0 Å². The van der Waals surface area contributed by atoms with E-state index >= 15 is 0 Å². The summed E-state index contributed by atoms with van der Waals surface area (Å²) >= 11 is 6.15. The normalized spacial score (nSPS) is 20.9. The van der Waals surface area contributed by atoms with Gasteiger partial charge in [-0.05, 0) is 55.0 Å². The van der Waals surface area contributed by atoms with Crippen molar-refractivity contribution in [2.45, 2.75) is 50.9 Å². The molecule has 0 aromatic heterocycles. The minimum Gasteiger partial charge on any atom is -0.508 e. The average molecular weight is 415 g/mol. The van der Waals surface area contributed by atoms with Crippen molar-refractivity contribution in [2.75, 3.05) is 12.4 Å². The first-order valence-electron chi connectivity index (χ1n) is 9.13. The number of sulfone groups is 1. The van der Waals surface area contributed by atoms with Gasteiger partial charge in [0.05, 0.1) is 23.5 Å². The number of hydrogen-bond acceptors (Lipinski definition) is 5. The third-order valence-electron chi connectivity index (χ3n) is 5.05. The largest absolute Gasteiger partial charge is 0.508 e. The Morgan fingerprint density at radius 3 is 2.63 bits per heavy atom. The monoisotopic (exact) mass is 414 g/mol. The summed E-state index contributed by atoms with van der Waals surface area (Å²) in [6, 6.07) is 4.77. The Morgan fingerprint density at radius 1 is 1.37 bits per heavy atom. The third kappa shape index (κ3) is 5.13. The lowest BCUT2D eigenvalue weighted by molar-refractivity contribution is 0.188. The first-order valence-corrected chi connectivity index (χ1v) is 11.2. The number of phenolic OH excluding ortho intramolecular Hbond substituents is 1. The molecule has 2 rings (SSSR count). The summed E-state index contributed by atoms with van der Waals surface area (Å²) in [4.78, 5) is 0. The molecule has 0 spiro atoms. The van der Waals surface area contributed by atoms with Crippen molar-refractivity contribution in [3.63, 3.8) is 0 Å². The fourth-order valence-corrected chi connectivity index (χ4v) is 5.72. The number of aromatic hydroxyl groups is 1. The van der Waals surface area contributed by atoms with Gasteiger partial charge in [0.2, 0.25) is 0 Å². The van der Waals surface area contributed by atoms with Crippen molar-refractivity contribution < 1.29 is 23.7 Å². The van der Waals surface area contributed by atoms with Crippen LogP contribution in [0, 0.1) is 0 Å². The highest BCUT2D eigenvalue weighted by Gasteiger charge is 2.40. The number of allylic oxidation sites excluding steroid dienone is 1. The Balaban J connectivity index is 2.17. The summed E-state index contributed by atoms with van der Waals surface area (Å²) in [7, 11) is -3.43. The van der Waals surface area contributed by atoms with Crippen molar-refractivity contribution in [1.29, 1.82) is 0 Å². The summed E-state index contributed by atoms with van der Waals surface area (Å²) in [5.41, 5.74) is 3.02. The Bertz CT molecular complexity index is 842. The molecule has 1 aliphatic rings. The molecule has 2 atom stereocenters. The van der Waals surface area contributed by atoms with Crippen LogP contribution in [0.1, 0.15) is 45.1 Å². The van der Waals surface area contributed by atoms with Gasteiger partial charge in [0.1, 0.15) is 11.0 Å². The SMILES string of the molecule is CCC1=C([C@H](O)CC/C(=C/c2ccc(O)cc2Cl)CC)[C@H](CO)S(=O)(=O)C1. The highest BCUT2D eigenvalue weighted by molar-refractivity contribution is 7.92. The summed E-state index contributed by atoms with van der Waals surface area (Å²) in [6.45, 7) is 3.36. The molecule has 5 nitrogen and oxygen atoms in total. The Morgan fingerprint density at radius 2 is 2.07 bits per heavy atom. The molecule has 1 heterocycles. The highest BCUT2D eigenvalue weighted by atomic mass is 35.5. The molecule has 0 saturated heterocycles. The van der Waals surface area contributed by atoms with E-state index in [9.17, 15) is 23.7 Å². The number of aliphatic hydroxyl groups is 2. The van der Waals surface area contributed by atoms with Gasteiger partial charge in [-0.2, -0.15) is 0 Å². The minimum absolute atomic E-state index is 0.0826. The van der Waals surface area contributed by atoms with E-state index in [2.05, 4.69) is 0 Å². The number of phenols is 1. The van der Waals surface area contributed by atoms with Crippen LogP contribution in [0.15, 0.2) is 34.9 Å². The molecular formula is C20H27ClO5S. The van der Waals surface area contributed by atoms with Gasteiger partial charge in [-0.25, -0.2) is 8.42 Å². The van der Waals surface area contributed by atoms with Crippen LogP contribution in [0.3, 0.4) is 0 Å². The van der Waals surface area contributed by atoms with E-state index in [1.807, 2.05) is 19.9 Å². The second-order valence-corrected chi connectivity index (χ2v) is 9.40. The number of aliphatic hydroxyl groups excluding tert-OH is 2. The predicted molar refractivity (Wildman–Crippen MR) is 109 cm³/mol. The molecule has 0 aliphatic carbocycles. The maximum absolute atomic E-state index is 12.2. The summed E-state index contributed by atoms with van der Waals surface area (Å²) in [5, 5.41) is 29.1. The zero-order valence-corrected chi connectivity index (χ0v) is 17.2. The fourth-order valence-electron chi connectivity index (χ4n) is 3.50. The number of rotatable bonds is 8. The molecule has 0 amide bonds. The molecule has 1 aromatic rings. The van der Waals surface area contributed by atoms with Gasteiger partial charge in [0.25, 0.3) is 0 Å². The van der Waals surface area contributed by atoms with Crippen molar-refractivity contribution in [3.05, 3.63) is 45.5 Å². The molecular weight excluding hydrogens is 388 g/mol. The van der Waals surface area contributed by atoms with Crippen LogP contribution in [0.2, 0.25) is 5.02 Å². The zero-order valence-electron chi connectivity index (χ0n) is 15.7. The third-order valence-corrected chi connectivity index (χ3v) is 7.40. The van der Waals surface area contributed by atoms with E-state index in [0.717, 1.165) is 17.6 Å². The van der Waals surface area contributed by atoms with E-state index in [4.69, 9.17) is 11.6 Å². The molecule has 0 unspecified atom stereocenters. The summed E-state index contributed by atoms with van der Waals surface area (Å²) in [5.74, 6) is 0.0166. The van der Waals surface area contributed by atoms with Crippen LogP contribution in [0.5, 0.6) is 5.75 Å². The lowest BCUT2D eigenvalue weighted by Crippen LogP contribution is -2.29. The maximum atomic E-state index is 12.2. The van der Waals surface area contributed by atoms with Crippen LogP contribution < -0.4 is 0 Å². The van der Waals surface area contributed by atoms with Crippen LogP contribution in [0.25, 0.3) is 6.08 Å². The Kier molecular flexibility index (Phi) is 7.51. The van der Waals surface area contributed by atoms with Crippen molar-refractivity contribution in [2.24, 2.45) is 0 Å². The molecule has 0 radical (unpaired) electrons. The molecule has 7 heteroatoms. The topological polar surface area (TPSA) is 94.8 Å². The van der Waals surface area contributed by atoms with E-state index in [1.54, 1.807) is 12.1 Å². The lowest BCUT2D eigenvalue weighted by atomic mass is 9.93. The van der Waals surface area contributed by atoms with Crippen molar-refractivity contribution >= 4 is 27.5 Å². The number of benzene rings is 1. The van der Waals surface area contributed by atoms with Gasteiger partial charge in [-0.3, -0.25) is 0 Å². The Labute approximate surface area is 165 Å². The molecule has 1 aliphatic heterocycles. The van der Waals surface area contributed by atoms with Gasteiger partial charge >= 0.3 is 0 Å². The lowest BCUT2D eigenvalue weighted by Gasteiger charge is -2.19. The summed E-state index contributed by atoms with van der Waals surface area (Å²) < 4.78 is 24.4. The predicted octanol–water partition coefficient (Wildman–Crippen LogP) is 3.48. The molecule has 150 valence electrons. The van der Waals surface area contributed by atoms with Crippen LogP contribution in [0.4, 0.5) is 0 Å². The van der Waals surface area contributed by atoms with Crippen LogP contribution in [-0.2, 0) is 9.84 Å². The first kappa shape index (κ1) is 22.0. The van der Waals surface area contributed by atoms with Crippen LogP contribution >= 0.6 is 11.6 Å². The molecule has 1 aromatic carbocycles. The average Bonchev–Trinajstić information content (AvgIpc) is 2.89. The zero-order chi connectivity index (χ0) is 20.2. The van der Waals surface area contributed by atoms with E-state index in [-0.39, 0.29) is 11.5 Å². The Hall–Kier alpha value is -1.34. The van der Waals surface area contributed by atoms with Gasteiger partial charge in [-0.1, -0.05) is 42.7 Å². The van der Waals surface area contributed by atoms with Crippen LogP contribution in [-0.4, -0.2) is 47.5 Å². The first-order chi connectivity index (χ1) is 12.7. The minimum atomic E-state index is -3.43. The fraction of sp³-hybridized carbons (Fsp3) is 0.500. The number of hydrogen-bond donors (Lipinski definition) is 3. The molecule has 0 fully saturated rings. The second kappa shape index (κ2) is 9.24. The standard InChI is InChI=1S/C20H27ClO5S/c1-3-13(9-15-6-7-16(23)10-17(15)21)5-8-18(24)20-14(4-2)12-27(25,26)19(20)11-22/h6-7,9-10,18-19,22-24H,3-5,8,11-12H2,1-2H3/b13-9+/t18-,19+/m1/s1. The molecule has 27 heavy (non-hydrogen) atoms. The van der Waals surface area contributed by atoms with E-state index < -0.39 is 27.8 Å². The second-order valence-electron chi connectivity index (χ2n) is 6.81. The van der Waals surface area contributed by atoms with Gasteiger partial charge in [-0.15, -0.1) is 0 Å². The van der Waals surface area contributed by atoms with E-state index in [1.165, 1.54) is 6.07 Å². The smallest absolute Gasteiger partial charge is 0.163 e. The maximum Gasteiger partial charge on any atom is 0.163 e. The summed E-state index contributed by atoms with van der Waals surface area (Å²) in [6.07, 6.45) is 3.28. The van der Waals surface area contributed by atoms with Crippen molar-refractivity contribution in [3.8, 4) is 5.75 Å².